The third-order valence-corrected chi connectivity index (χ3v) is 5.32. The van der Waals surface area contributed by atoms with E-state index in [4.69, 9.17) is 23.2 Å². The van der Waals surface area contributed by atoms with Crippen molar-refractivity contribution in [1.29, 1.82) is 0 Å². The van der Waals surface area contributed by atoms with Crippen molar-refractivity contribution in [3.05, 3.63) is 52.5 Å². The molecule has 0 spiro atoms. The zero-order valence-corrected chi connectivity index (χ0v) is 16.3. The first-order valence-electron chi connectivity index (χ1n) is 8.85. The van der Waals surface area contributed by atoms with Crippen LogP contribution in [0, 0.1) is 5.92 Å². The number of amides is 1. The molecule has 138 valence electrons. The number of carbonyl (C=O) groups is 1. The summed E-state index contributed by atoms with van der Waals surface area (Å²) in [5.74, 6) is 0.657. The van der Waals surface area contributed by atoms with Gasteiger partial charge < -0.3 is 15.5 Å². The third kappa shape index (κ3) is 4.83. The van der Waals surface area contributed by atoms with E-state index in [0.717, 1.165) is 24.7 Å². The van der Waals surface area contributed by atoms with Crippen molar-refractivity contribution in [2.24, 2.45) is 5.92 Å². The number of nitrogens with zero attached hydrogens (tertiary/aromatic N) is 1. The van der Waals surface area contributed by atoms with Crippen LogP contribution >= 0.6 is 23.2 Å². The molecular formula is C20H23Cl2N3O. The van der Waals surface area contributed by atoms with Crippen molar-refractivity contribution in [2.75, 3.05) is 35.2 Å². The first-order valence-corrected chi connectivity index (χ1v) is 9.61. The van der Waals surface area contributed by atoms with E-state index in [1.807, 2.05) is 12.1 Å². The van der Waals surface area contributed by atoms with E-state index in [0.29, 0.717) is 15.7 Å². The number of para-hydroxylation sites is 1. The fraction of sp³-hybridized carbons (Fsp3) is 0.350. The van der Waals surface area contributed by atoms with Gasteiger partial charge in [-0.3, -0.25) is 4.79 Å². The van der Waals surface area contributed by atoms with Gasteiger partial charge in [0.05, 0.1) is 22.3 Å². The normalized spacial score (nSPS) is 15.0. The molecule has 4 nitrogen and oxygen atoms in total. The lowest BCUT2D eigenvalue weighted by Crippen LogP contribution is -2.32. The van der Waals surface area contributed by atoms with Crippen molar-refractivity contribution < 1.29 is 4.79 Å². The maximum atomic E-state index is 12.2. The van der Waals surface area contributed by atoms with Gasteiger partial charge in [0.15, 0.2) is 0 Å². The highest BCUT2D eigenvalue weighted by molar-refractivity contribution is 6.39. The fourth-order valence-corrected chi connectivity index (χ4v) is 3.59. The molecule has 1 saturated heterocycles. The molecule has 1 amide bonds. The molecule has 0 radical (unpaired) electrons. The average Bonchev–Trinajstić information content (AvgIpc) is 2.63. The average molecular weight is 392 g/mol. The number of benzene rings is 2. The van der Waals surface area contributed by atoms with Gasteiger partial charge in [-0.1, -0.05) is 36.2 Å². The van der Waals surface area contributed by atoms with Gasteiger partial charge in [-0.2, -0.15) is 0 Å². The highest BCUT2D eigenvalue weighted by atomic mass is 35.5. The van der Waals surface area contributed by atoms with E-state index < -0.39 is 0 Å². The molecule has 0 unspecified atom stereocenters. The van der Waals surface area contributed by atoms with Crippen LogP contribution in [-0.4, -0.2) is 25.5 Å². The Morgan fingerprint density at radius 3 is 2.31 bits per heavy atom. The molecule has 1 fully saturated rings. The number of anilines is 3. The van der Waals surface area contributed by atoms with Crippen LogP contribution in [-0.2, 0) is 4.79 Å². The predicted molar refractivity (Wildman–Crippen MR) is 111 cm³/mol. The summed E-state index contributed by atoms with van der Waals surface area (Å²) < 4.78 is 0. The van der Waals surface area contributed by atoms with Crippen LogP contribution < -0.4 is 15.5 Å². The lowest BCUT2D eigenvalue weighted by molar-refractivity contribution is -0.114. The zero-order valence-electron chi connectivity index (χ0n) is 14.8. The molecule has 2 aromatic rings. The molecule has 2 aromatic carbocycles. The van der Waals surface area contributed by atoms with Crippen molar-refractivity contribution in [2.45, 2.75) is 19.8 Å². The molecule has 0 saturated carbocycles. The van der Waals surface area contributed by atoms with Crippen LogP contribution in [0.4, 0.5) is 17.1 Å². The molecular weight excluding hydrogens is 369 g/mol. The number of carbonyl (C=O) groups excluding carboxylic acids is 1. The van der Waals surface area contributed by atoms with Crippen molar-refractivity contribution in [1.82, 2.24) is 0 Å². The minimum Gasteiger partial charge on any atom is -0.374 e. The maximum absolute atomic E-state index is 12.2. The standard InChI is InChI=1S/C20H23Cl2N3O/c1-14-9-11-25(12-10-14)16-7-5-15(6-8-16)24-19(26)13-23-20-17(21)3-2-4-18(20)22/h2-8,14,23H,9-13H2,1H3,(H,24,26). The van der Waals surface area contributed by atoms with Gasteiger partial charge in [0.25, 0.3) is 0 Å². The van der Waals surface area contributed by atoms with Crippen LogP contribution in [0.25, 0.3) is 0 Å². The SMILES string of the molecule is CC1CCN(c2ccc(NC(=O)CNc3c(Cl)cccc3Cl)cc2)CC1. The van der Waals surface area contributed by atoms with Gasteiger partial charge in [-0.05, 0) is 55.2 Å². The highest BCUT2D eigenvalue weighted by Gasteiger charge is 2.16. The lowest BCUT2D eigenvalue weighted by atomic mass is 9.99. The number of hydrogen-bond acceptors (Lipinski definition) is 3. The van der Waals surface area contributed by atoms with Crippen LogP contribution in [0.5, 0.6) is 0 Å². The van der Waals surface area contributed by atoms with Crippen molar-refractivity contribution >= 4 is 46.2 Å². The van der Waals surface area contributed by atoms with E-state index in [1.54, 1.807) is 18.2 Å². The Morgan fingerprint density at radius 1 is 1.08 bits per heavy atom. The number of rotatable bonds is 5. The topological polar surface area (TPSA) is 44.4 Å². The monoisotopic (exact) mass is 391 g/mol. The van der Waals surface area contributed by atoms with E-state index in [1.165, 1.54) is 18.5 Å². The molecule has 3 rings (SSSR count). The van der Waals surface area contributed by atoms with Gasteiger partial charge in [-0.25, -0.2) is 0 Å². The smallest absolute Gasteiger partial charge is 0.243 e. The molecule has 1 heterocycles. The predicted octanol–water partition coefficient (Wildman–Crippen LogP) is 5.28. The van der Waals surface area contributed by atoms with Crippen molar-refractivity contribution in [3.63, 3.8) is 0 Å². The first-order chi connectivity index (χ1) is 12.5. The van der Waals surface area contributed by atoms with E-state index >= 15 is 0 Å². The van der Waals surface area contributed by atoms with Gasteiger partial charge in [0.1, 0.15) is 0 Å². The van der Waals surface area contributed by atoms with Crippen LogP contribution in [0.1, 0.15) is 19.8 Å². The minimum atomic E-state index is -0.152. The molecule has 1 aliphatic heterocycles. The Morgan fingerprint density at radius 2 is 1.69 bits per heavy atom. The summed E-state index contributed by atoms with van der Waals surface area (Å²) in [7, 11) is 0. The molecule has 0 aromatic heterocycles. The van der Waals surface area contributed by atoms with E-state index in [9.17, 15) is 4.79 Å². The highest BCUT2D eigenvalue weighted by Crippen LogP contribution is 2.29. The zero-order chi connectivity index (χ0) is 18.5. The second-order valence-corrected chi connectivity index (χ2v) is 7.53. The molecule has 26 heavy (non-hydrogen) atoms. The first kappa shape index (κ1) is 18.9. The molecule has 0 atom stereocenters. The molecule has 0 bridgehead atoms. The number of nitrogens with one attached hydrogen (secondary N) is 2. The molecule has 6 heteroatoms. The van der Waals surface area contributed by atoms with Gasteiger partial charge in [0.2, 0.25) is 5.91 Å². The van der Waals surface area contributed by atoms with Gasteiger partial charge >= 0.3 is 0 Å². The molecule has 0 aliphatic carbocycles. The summed E-state index contributed by atoms with van der Waals surface area (Å²) in [6.07, 6.45) is 2.46. The second kappa shape index (κ2) is 8.65. The number of halogens is 2. The van der Waals surface area contributed by atoms with Crippen LogP contribution in [0.2, 0.25) is 10.0 Å². The molecule has 2 N–H and O–H groups in total. The van der Waals surface area contributed by atoms with Crippen LogP contribution in [0.15, 0.2) is 42.5 Å². The van der Waals surface area contributed by atoms with Gasteiger partial charge in [-0.15, -0.1) is 0 Å². The number of hydrogen-bond donors (Lipinski definition) is 2. The number of piperidine rings is 1. The van der Waals surface area contributed by atoms with Gasteiger partial charge in [0, 0.05) is 24.5 Å². The van der Waals surface area contributed by atoms with E-state index in [-0.39, 0.29) is 12.5 Å². The maximum Gasteiger partial charge on any atom is 0.243 e. The van der Waals surface area contributed by atoms with Crippen LogP contribution in [0.3, 0.4) is 0 Å². The fourth-order valence-electron chi connectivity index (χ4n) is 3.06. The summed E-state index contributed by atoms with van der Waals surface area (Å²) in [6, 6.07) is 13.2. The summed E-state index contributed by atoms with van der Waals surface area (Å²) in [5, 5.41) is 6.85. The summed E-state index contributed by atoms with van der Waals surface area (Å²) in [4.78, 5) is 14.6. The van der Waals surface area contributed by atoms with E-state index in [2.05, 4.69) is 34.6 Å². The second-order valence-electron chi connectivity index (χ2n) is 6.71. The largest absolute Gasteiger partial charge is 0.374 e. The Kier molecular flexibility index (Phi) is 6.28. The summed E-state index contributed by atoms with van der Waals surface area (Å²) in [5.41, 5.74) is 2.55. The Balaban J connectivity index is 1.53. The Bertz CT molecular complexity index is 736. The lowest BCUT2D eigenvalue weighted by Gasteiger charge is -2.32. The van der Waals surface area contributed by atoms with Crippen molar-refractivity contribution in [3.8, 4) is 0 Å². The summed E-state index contributed by atoms with van der Waals surface area (Å²) in [6.45, 7) is 4.58. The third-order valence-electron chi connectivity index (χ3n) is 4.69. The Hall–Kier alpha value is -1.91. The quantitative estimate of drug-likeness (QED) is 0.728. The molecule has 1 aliphatic rings. The summed E-state index contributed by atoms with van der Waals surface area (Å²) >= 11 is 12.2. The Labute approximate surface area is 164 Å². The minimum absolute atomic E-state index is 0.0925.